The Balaban J connectivity index is 1.75. The van der Waals surface area contributed by atoms with Gasteiger partial charge in [0.25, 0.3) is 0 Å². The van der Waals surface area contributed by atoms with Crippen LogP contribution in [0.3, 0.4) is 0 Å². The van der Waals surface area contributed by atoms with Crippen LogP contribution >= 0.6 is 8.53 Å². The fourth-order valence-electron chi connectivity index (χ4n) is 5.57. The topological polar surface area (TPSA) is 40.2 Å². The van der Waals surface area contributed by atoms with Crippen molar-refractivity contribution in [2.45, 2.75) is 19.3 Å². The van der Waals surface area contributed by atoms with Crippen molar-refractivity contribution >= 4 is 8.53 Å². The quantitative estimate of drug-likeness (QED) is 0.228. The minimum atomic E-state index is -1.42. The highest BCUT2D eigenvalue weighted by molar-refractivity contribution is 7.45. The van der Waals surface area contributed by atoms with Gasteiger partial charge in [-0.05, 0) is 63.3 Å². The van der Waals surface area contributed by atoms with Crippen LogP contribution in [-0.4, -0.2) is 18.8 Å². The molecule has 0 radical (unpaired) electrons. The minimum Gasteiger partial charge on any atom is -0.457 e. The smallest absolute Gasteiger partial charge is 0.384 e. The largest absolute Gasteiger partial charge is 0.457 e. The van der Waals surface area contributed by atoms with Gasteiger partial charge in [-0.3, -0.25) is 0 Å². The Kier molecular flexibility index (Phi) is 4.30. The number of nitrogens with zero attached hydrogens (tertiary/aromatic N) is 1. The van der Waals surface area contributed by atoms with E-state index in [1.807, 2.05) is 43.0 Å². The summed E-state index contributed by atoms with van der Waals surface area (Å²) in [7, 11) is 2.54. The molecule has 4 aromatic carbocycles. The second kappa shape index (κ2) is 7.24. The lowest BCUT2D eigenvalue weighted by atomic mass is 9.61. The molecular formula is C29H24NO4P. The van der Waals surface area contributed by atoms with Crippen molar-refractivity contribution < 1.29 is 18.5 Å². The number of hydrogen-bond acceptors (Lipinski definition) is 5. The Morgan fingerprint density at radius 2 is 1.06 bits per heavy atom. The summed E-state index contributed by atoms with van der Waals surface area (Å²) >= 11 is 0. The highest BCUT2D eigenvalue weighted by Crippen LogP contribution is 2.68. The molecule has 0 unspecified atom stereocenters. The molecule has 3 aliphatic heterocycles. The second-order valence-corrected chi connectivity index (χ2v) is 11.0. The first-order valence-corrected chi connectivity index (χ1v) is 12.8. The summed E-state index contributed by atoms with van der Waals surface area (Å²) in [6.45, 7) is 4.16. The number of rotatable bonds is 1. The Morgan fingerprint density at radius 1 is 0.600 bits per heavy atom. The molecule has 3 heterocycles. The summed E-state index contributed by atoms with van der Waals surface area (Å²) in [4.78, 5) is 0. The first-order chi connectivity index (χ1) is 17.0. The van der Waals surface area contributed by atoms with Crippen LogP contribution in [0.25, 0.3) is 0 Å². The highest BCUT2D eigenvalue weighted by atomic mass is 31.2. The Labute approximate surface area is 205 Å². The number of benzene rings is 4. The lowest BCUT2D eigenvalue weighted by Gasteiger charge is -2.47. The van der Waals surface area contributed by atoms with Crippen molar-refractivity contribution in [2.75, 3.05) is 14.1 Å². The standard InChI is InChI=1S/C29H24NO4P/c1-17-13-15-23-25-27(17)33-35(30(3)4)34-28-18(2)14-16-24-26(28)29(25,19-9-5-7-11-21(19)31-23)20-10-6-8-12-22(20)32-24/h5-16H,1-4H3. The molecule has 7 rings (SSSR count). The van der Waals surface area contributed by atoms with Crippen molar-refractivity contribution in [1.29, 1.82) is 0 Å². The molecule has 0 saturated heterocycles. The van der Waals surface area contributed by atoms with Crippen LogP contribution < -0.4 is 18.5 Å². The predicted octanol–water partition coefficient (Wildman–Crippen LogP) is 7.46. The fraction of sp³-hybridized carbons (Fsp3) is 0.172. The monoisotopic (exact) mass is 481 g/mol. The third kappa shape index (κ3) is 2.65. The van der Waals surface area contributed by atoms with Gasteiger partial charge in [-0.2, -0.15) is 0 Å². The maximum Gasteiger partial charge on any atom is 0.384 e. The van der Waals surface area contributed by atoms with Gasteiger partial charge in [0.1, 0.15) is 34.5 Å². The molecule has 174 valence electrons. The molecule has 3 aliphatic rings. The summed E-state index contributed by atoms with van der Waals surface area (Å²) in [6.07, 6.45) is 0. The van der Waals surface area contributed by atoms with E-state index in [0.717, 1.165) is 67.9 Å². The van der Waals surface area contributed by atoms with Gasteiger partial charge in [0.2, 0.25) is 0 Å². The third-order valence-electron chi connectivity index (χ3n) is 7.07. The average molecular weight is 481 g/mol. The number of para-hydroxylation sites is 2. The third-order valence-corrected chi connectivity index (χ3v) is 8.40. The zero-order valence-corrected chi connectivity index (χ0v) is 20.9. The fourth-order valence-corrected chi connectivity index (χ4v) is 6.71. The number of fused-ring (bicyclic) bond motifs is 2. The van der Waals surface area contributed by atoms with E-state index in [1.54, 1.807) is 0 Å². The highest BCUT2D eigenvalue weighted by Gasteiger charge is 2.55. The van der Waals surface area contributed by atoms with Gasteiger partial charge in [0.05, 0.1) is 16.5 Å². The number of aryl methyl sites for hydroxylation is 2. The molecule has 0 saturated carbocycles. The van der Waals surface area contributed by atoms with Crippen molar-refractivity contribution in [3.63, 3.8) is 0 Å². The van der Waals surface area contributed by atoms with Crippen LogP contribution in [-0.2, 0) is 5.41 Å². The van der Waals surface area contributed by atoms with Gasteiger partial charge in [0, 0.05) is 11.1 Å². The zero-order chi connectivity index (χ0) is 23.9. The van der Waals surface area contributed by atoms with E-state index in [4.69, 9.17) is 18.5 Å². The summed E-state index contributed by atoms with van der Waals surface area (Å²) in [5.41, 5.74) is 5.43. The van der Waals surface area contributed by atoms with Gasteiger partial charge >= 0.3 is 8.53 Å². The van der Waals surface area contributed by atoms with E-state index >= 15 is 0 Å². The Hall–Kier alpha value is -3.53. The van der Waals surface area contributed by atoms with Crippen molar-refractivity contribution in [3.8, 4) is 34.5 Å². The molecule has 0 atom stereocenters. The SMILES string of the molecule is Cc1ccc2c3c1OP(N(C)C)Oc1c(C)ccc4c1C3(c1ccccc1O2)c1ccccc1O4. The molecule has 1 spiro atoms. The molecule has 0 aliphatic carbocycles. The number of ether oxygens (including phenoxy) is 2. The molecule has 0 bridgehead atoms. The van der Waals surface area contributed by atoms with Crippen LogP contribution in [0.2, 0.25) is 0 Å². The Morgan fingerprint density at radius 3 is 1.51 bits per heavy atom. The van der Waals surface area contributed by atoms with E-state index in [0.29, 0.717) is 0 Å². The van der Waals surface area contributed by atoms with E-state index in [1.165, 1.54) is 0 Å². The zero-order valence-electron chi connectivity index (χ0n) is 20.0. The lowest BCUT2D eigenvalue weighted by Crippen LogP contribution is -2.39. The summed E-state index contributed by atoms with van der Waals surface area (Å²) in [5.74, 6) is 4.81. The normalized spacial score (nSPS) is 16.1. The average Bonchev–Trinajstić information content (AvgIpc) is 2.85. The molecular weight excluding hydrogens is 457 g/mol. The molecule has 0 aromatic heterocycles. The second-order valence-electron chi connectivity index (χ2n) is 9.38. The van der Waals surface area contributed by atoms with Gasteiger partial charge in [-0.25, -0.2) is 4.67 Å². The van der Waals surface area contributed by atoms with Crippen LogP contribution in [0.15, 0.2) is 72.8 Å². The van der Waals surface area contributed by atoms with E-state index < -0.39 is 13.9 Å². The Bertz CT molecular complexity index is 1420. The van der Waals surface area contributed by atoms with Crippen LogP contribution in [0, 0.1) is 13.8 Å². The molecule has 4 aromatic rings. The van der Waals surface area contributed by atoms with Gasteiger partial charge in [-0.1, -0.05) is 48.5 Å². The molecule has 0 fully saturated rings. The van der Waals surface area contributed by atoms with E-state index in [2.05, 4.69) is 62.4 Å². The van der Waals surface area contributed by atoms with E-state index in [9.17, 15) is 0 Å². The molecule has 5 nitrogen and oxygen atoms in total. The molecule has 0 N–H and O–H groups in total. The van der Waals surface area contributed by atoms with Gasteiger partial charge < -0.3 is 18.5 Å². The van der Waals surface area contributed by atoms with Crippen LogP contribution in [0.1, 0.15) is 33.4 Å². The molecule has 6 heteroatoms. The molecule has 35 heavy (non-hydrogen) atoms. The van der Waals surface area contributed by atoms with Gasteiger partial charge in [-0.15, -0.1) is 0 Å². The number of hydrogen-bond donors (Lipinski definition) is 0. The predicted molar refractivity (Wildman–Crippen MR) is 136 cm³/mol. The van der Waals surface area contributed by atoms with Gasteiger partial charge in [0.15, 0.2) is 0 Å². The minimum absolute atomic E-state index is 0.731. The van der Waals surface area contributed by atoms with Crippen molar-refractivity contribution in [3.05, 3.63) is 106 Å². The summed E-state index contributed by atoms with van der Waals surface area (Å²) in [5, 5.41) is 0. The first-order valence-electron chi connectivity index (χ1n) is 11.7. The maximum absolute atomic E-state index is 6.76. The van der Waals surface area contributed by atoms with Crippen molar-refractivity contribution in [2.24, 2.45) is 0 Å². The van der Waals surface area contributed by atoms with Crippen LogP contribution in [0.4, 0.5) is 0 Å². The summed E-state index contributed by atoms with van der Waals surface area (Å²) in [6, 6.07) is 24.8. The van der Waals surface area contributed by atoms with Crippen LogP contribution in [0.5, 0.6) is 34.5 Å². The lowest BCUT2D eigenvalue weighted by molar-refractivity contribution is 0.358. The van der Waals surface area contributed by atoms with Crippen molar-refractivity contribution in [1.82, 2.24) is 4.67 Å². The van der Waals surface area contributed by atoms with E-state index in [-0.39, 0.29) is 0 Å². The summed E-state index contributed by atoms with van der Waals surface area (Å²) < 4.78 is 28.6. The maximum atomic E-state index is 6.76. The molecule has 0 amide bonds. The first kappa shape index (κ1) is 20.8.